The van der Waals surface area contributed by atoms with Crippen molar-refractivity contribution in [1.82, 2.24) is 19.6 Å². The number of hydrogen-bond donors (Lipinski definition) is 0. The molecule has 2 aromatic rings. The maximum atomic E-state index is 13.3. The van der Waals surface area contributed by atoms with Gasteiger partial charge in [-0.1, -0.05) is 30.3 Å². The molecule has 1 aromatic heterocycles. The monoisotopic (exact) mass is 352 g/mol. The summed E-state index contributed by atoms with van der Waals surface area (Å²) < 4.78 is 1.93. The number of rotatable bonds is 4. The molecule has 1 aromatic carbocycles. The van der Waals surface area contributed by atoms with Gasteiger partial charge in [0.25, 0.3) is 0 Å². The van der Waals surface area contributed by atoms with Gasteiger partial charge in [0.05, 0.1) is 11.6 Å². The lowest BCUT2D eigenvalue weighted by Gasteiger charge is -2.26. The van der Waals surface area contributed by atoms with Gasteiger partial charge in [0, 0.05) is 51.0 Å². The Balaban J connectivity index is 1.41. The standard InChI is InChI=1S/C21H28N4O/c1-17-18(15-22-23(17)2)16-24-11-6-12-25(14-13-24)20(26)21(9-10-21)19-7-4-3-5-8-19/h3-5,7-8,15H,6,9-14,16H2,1-2H3. The highest BCUT2D eigenvalue weighted by Crippen LogP contribution is 2.49. The molecule has 4 rings (SSSR count). The number of hydrogen-bond acceptors (Lipinski definition) is 3. The molecule has 2 heterocycles. The van der Waals surface area contributed by atoms with Crippen molar-refractivity contribution in [3.8, 4) is 0 Å². The summed E-state index contributed by atoms with van der Waals surface area (Å²) in [5, 5.41) is 4.35. The summed E-state index contributed by atoms with van der Waals surface area (Å²) in [6.07, 6.45) is 4.99. The topological polar surface area (TPSA) is 41.4 Å². The van der Waals surface area contributed by atoms with Crippen LogP contribution in [0.2, 0.25) is 0 Å². The number of carbonyl (C=O) groups excluding carboxylic acids is 1. The summed E-state index contributed by atoms with van der Waals surface area (Å²) in [7, 11) is 1.99. The maximum Gasteiger partial charge on any atom is 0.233 e. The van der Waals surface area contributed by atoms with Gasteiger partial charge in [-0.3, -0.25) is 14.4 Å². The van der Waals surface area contributed by atoms with E-state index in [-0.39, 0.29) is 5.41 Å². The zero-order valence-corrected chi connectivity index (χ0v) is 15.8. The predicted molar refractivity (Wildman–Crippen MR) is 102 cm³/mol. The quantitative estimate of drug-likeness (QED) is 0.849. The fourth-order valence-corrected chi connectivity index (χ4v) is 4.08. The fourth-order valence-electron chi connectivity index (χ4n) is 4.08. The second-order valence-electron chi connectivity index (χ2n) is 7.75. The van der Waals surface area contributed by atoms with Crippen LogP contribution in [0.1, 0.15) is 36.1 Å². The molecule has 0 N–H and O–H groups in total. The molecule has 0 spiro atoms. The normalized spacial score (nSPS) is 20.0. The van der Waals surface area contributed by atoms with E-state index in [9.17, 15) is 4.79 Å². The molecule has 1 aliphatic carbocycles. The van der Waals surface area contributed by atoms with E-state index >= 15 is 0 Å². The summed E-state index contributed by atoms with van der Waals surface area (Å²) in [6.45, 7) is 6.71. The second kappa shape index (κ2) is 6.88. The molecule has 1 amide bonds. The third-order valence-electron chi connectivity index (χ3n) is 6.09. The number of aryl methyl sites for hydroxylation is 1. The van der Waals surface area contributed by atoms with E-state index in [1.165, 1.54) is 16.8 Å². The first-order valence-corrected chi connectivity index (χ1v) is 9.65. The van der Waals surface area contributed by atoms with Gasteiger partial charge in [-0.15, -0.1) is 0 Å². The van der Waals surface area contributed by atoms with E-state index in [2.05, 4.69) is 34.0 Å². The average Bonchev–Trinajstić information content (AvgIpc) is 3.45. The first-order chi connectivity index (χ1) is 12.6. The molecule has 0 radical (unpaired) electrons. The Bertz CT molecular complexity index is 779. The molecule has 0 bridgehead atoms. The molecule has 138 valence electrons. The first kappa shape index (κ1) is 17.3. The third kappa shape index (κ3) is 3.16. The number of amides is 1. The molecule has 2 aliphatic rings. The van der Waals surface area contributed by atoms with Crippen LogP contribution >= 0.6 is 0 Å². The molecule has 1 saturated carbocycles. The Morgan fingerprint density at radius 1 is 1.12 bits per heavy atom. The lowest BCUT2D eigenvalue weighted by Crippen LogP contribution is -2.41. The van der Waals surface area contributed by atoms with Crippen LogP contribution in [0.15, 0.2) is 36.5 Å². The molecule has 1 aliphatic heterocycles. The van der Waals surface area contributed by atoms with Crippen LogP contribution in [0, 0.1) is 6.92 Å². The van der Waals surface area contributed by atoms with Gasteiger partial charge in [0.15, 0.2) is 0 Å². The Morgan fingerprint density at radius 3 is 2.54 bits per heavy atom. The van der Waals surface area contributed by atoms with Crippen LogP contribution < -0.4 is 0 Å². The van der Waals surface area contributed by atoms with Gasteiger partial charge in [-0.2, -0.15) is 5.10 Å². The van der Waals surface area contributed by atoms with E-state index in [0.29, 0.717) is 5.91 Å². The molecular weight excluding hydrogens is 324 g/mol. The summed E-state index contributed by atoms with van der Waals surface area (Å²) in [4.78, 5) is 17.8. The Kier molecular flexibility index (Phi) is 4.57. The highest BCUT2D eigenvalue weighted by atomic mass is 16.2. The molecule has 1 saturated heterocycles. The molecular formula is C21H28N4O. The number of carbonyl (C=O) groups is 1. The summed E-state index contributed by atoms with van der Waals surface area (Å²) in [6, 6.07) is 10.3. The third-order valence-corrected chi connectivity index (χ3v) is 6.09. The fraction of sp³-hybridized carbons (Fsp3) is 0.524. The minimum atomic E-state index is -0.240. The Hall–Kier alpha value is -2.14. The van der Waals surface area contributed by atoms with Crippen molar-refractivity contribution in [2.45, 2.75) is 38.1 Å². The lowest BCUT2D eigenvalue weighted by atomic mass is 9.94. The van der Waals surface area contributed by atoms with Crippen molar-refractivity contribution in [2.75, 3.05) is 26.2 Å². The van der Waals surface area contributed by atoms with Crippen molar-refractivity contribution in [1.29, 1.82) is 0 Å². The van der Waals surface area contributed by atoms with Gasteiger partial charge < -0.3 is 4.90 Å². The van der Waals surface area contributed by atoms with Crippen molar-refractivity contribution in [3.63, 3.8) is 0 Å². The van der Waals surface area contributed by atoms with Gasteiger partial charge in [0.2, 0.25) is 5.91 Å². The van der Waals surface area contributed by atoms with Gasteiger partial charge in [0.1, 0.15) is 0 Å². The summed E-state index contributed by atoms with van der Waals surface area (Å²) in [5.74, 6) is 0.336. The zero-order valence-electron chi connectivity index (χ0n) is 15.8. The van der Waals surface area contributed by atoms with Gasteiger partial charge >= 0.3 is 0 Å². The van der Waals surface area contributed by atoms with Crippen molar-refractivity contribution in [3.05, 3.63) is 53.3 Å². The number of benzene rings is 1. The smallest absolute Gasteiger partial charge is 0.233 e. The number of nitrogens with zero attached hydrogens (tertiary/aromatic N) is 4. The minimum Gasteiger partial charge on any atom is -0.341 e. The summed E-state index contributed by atoms with van der Waals surface area (Å²) >= 11 is 0. The van der Waals surface area contributed by atoms with Crippen molar-refractivity contribution < 1.29 is 4.79 Å². The largest absolute Gasteiger partial charge is 0.341 e. The number of aromatic nitrogens is 2. The van der Waals surface area contributed by atoms with Crippen LogP contribution in [-0.2, 0) is 23.8 Å². The minimum absolute atomic E-state index is 0.240. The second-order valence-corrected chi connectivity index (χ2v) is 7.75. The van der Waals surface area contributed by atoms with E-state index in [1.807, 2.05) is 36.1 Å². The molecule has 0 unspecified atom stereocenters. The lowest BCUT2D eigenvalue weighted by molar-refractivity contribution is -0.133. The van der Waals surface area contributed by atoms with E-state index in [4.69, 9.17) is 0 Å². The van der Waals surface area contributed by atoms with Gasteiger partial charge in [-0.05, 0) is 31.7 Å². The predicted octanol–water partition coefficient (Wildman–Crippen LogP) is 2.49. The average molecular weight is 352 g/mol. The highest BCUT2D eigenvalue weighted by Gasteiger charge is 2.52. The maximum absolute atomic E-state index is 13.3. The van der Waals surface area contributed by atoms with Crippen LogP contribution in [0.4, 0.5) is 0 Å². The SMILES string of the molecule is Cc1c(CN2CCCN(C(=O)C3(c4ccccc4)CC3)CC2)cnn1C. The van der Waals surface area contributed by atoms with Crippen LogP contribution in [-0.4, -0.2) is 51.7 Å². The molecule has 5 nitrogen and oxygen atoms in total. The molecule has 0 atom stereocenters. The van der Waals surface area contributed by atoms with Gasteiger partial charge in [-0.25, -0.2) is 0 Å². The van der Waals surface area contributed by atoms with Crippen LogP contribution in [0.25, 0.3) is 0 Å². The zero-order chi connectivity index (χ0) is 18.1. The van der Waals surface area contributed by atoms with Crippen molar-refractivity contribution in [2.24, 2.45) is 7.05 Å². The molecule has 26 heavy (non-hydrogen) atoms. The van der Waals surface area contributed by atoms with Crippen molar-refractivity contribution >= 4 is 5.91 Å². The van der Waals surface area contributed by atoms with E-state index in [1.54, 1.807) is 0 Å². The van der Waals surface area contributed by atoms with E-state index < -0.39 is 0 Å². The Morgan fingerprint density at radius 2 is 1.88 bits per heavy atom. The molecule has 2 fully saturated rings. The highest BCUT2D eigenvalue weighted by molar-refractivity contribution is 5.91. The van der Waals surface area contributed by atoms with Crippen LogP contribution in [0.3, 0.4) is 0 Å². The Labute approximate surface area is 155 Å². The van der Waals surface area contributed by atoms with Crippen LogP contribution in [0.5, 0.6) is 0 Å². The first-order valence-electron chi connectivity index (χ1n) is 9.65. The molecule has 5 heteroatoms. The van der Waals surface area contributed by atoms with E-state index in [0.717, 1.165) is 52.0 Å². The summed E-state index contributed by atoms with van der Waals surface area (Å²) in [5.41, 5.74) is 3.46.